The van der Waals surface area contributed by atoms with E-state index in [1.807, 2.05) is 18.7 Å². The lowest BCUT2D eigenvalue weighted by Crippen LogP contribution is -2.45. The van der Waals surface area contributed by atoms with Crippen molar-refractivity contribution in [3.8, 4) is 11.8 Å². The first-order chi connectivity index (χ1) is 11.6. The maximum atomic E-state index is 14.5. The second-order valence-corrected chi connectivity index (χ2v) is 6.67. The maximum Gasteiger partial charge on any atom is 0.152 e. The van der Waals surface area contributed by atoms with Crippen LogP contribution in [0, 0.1) is 17.7 Å². The first kappa shape index (κ1) is 16.6. The van der Waals surface area contributed by atoms with Crippen LogP contribution in [-0.4, -0.2) is 36.6 Å². The van der Waals surface area contributed by atoms with Gasteiger partial charge in [-0.1, -0.05) is 5.92 Å². The van der Waals surface area contributed by atoms with E-state index in [1.54, 1.807) is 11.7 Å². The van der Waals surface area contributed by atoms with Crippen LogP contribution in [0.1, 0.15) is 34.6 Å². The van der Waals surface area contributed by atoms with Crippen LogP contribution in [0.15, 0.2) is 23.8 Å². The van der Waals surface area contributed by atoms with Gasteiger partial charge in [-0.05, 0) is 31.9 Å². The van der Waals surface area contributed by atoms with Gasteiger partial charge in [-0.25, -0.2) is 4.39 Å². The number of ether oxygens (including phenoxy) is 1. The number of hydrogen-bond donors (Lipinski definition) is 0. The summed E-state index contributed by atoms with van der Waals surface area (Å²) in [4.78, 5) is 18.2. The number of aromatic nitrogens is 1. The van der Waals surface area contributed by atoms with Crippen LogP contribution >= 0.6 is 11.3 Å². The second kappa shape index (κ2) is 7.12. The quantitative estimate of drug-likeness (QED) is 0.620. The monoisotopic (exact) mass is 344 g/mol. The number of carbonyl (C=O) groups is 1. The molecule has 1 aliphatic rings. The fourth-order valence-electron chi connectivity index (χ4n) is 2.82. The third kappa shape index (κ3) is 3.64. The van der Waals surface area contributed by atoms with Gasteiger partial charge in [-0.3, -0.25) is 9.78 Å². The maximum absolute atomic E-state index is 14.5. The third-order valence-corrected chi connectivity index (χ3v) is 4.44. The van der Waals surface area contributed by atoms with Crippen molar-refractivity contribution in [1.29, 1.82) is 0 Å². The van der Waals surface area contributed by atoms with Crippen molar-refractivity contribution in [2.45, 2.75) is 26.1 Å². The molecule has 124 valence electrons. The summed E-state index contributed by atoms with van der Waals surface area (Å²) in [6, 6.07) is 2.90. The largest absolute Gasteiger partial charge is 0.372 e. The Morgan fingerprint density at radius 2 is 2.08 bits per heavy atom. The molecule has 1 aromatic heterocycles. The molecule has 2 aromatic rings. The van der Waals surface area contributed by atoms with Gasteiger partial charge in [0.05, 0.1) is 40.0 Å². The molecule has 0 amide bonds. The minimum Gasteiger partial charge on any atom is -0.372 e. The van der Waals surface area contributed by atoms with E-state index in [2.05, 4.69) is 16.8 Å². The molecule has 1 fully saturated rings. The molecule has 0 spiro atoms. The molecule has 6 heteroatoms. The Morgan fingerprint density at radius 1 is 1.33 bits per heavy atom. The van der Waals surface area contributed by atoms with Gasteiger partial charge in [0.1, 0.15) is 5.82 Å². The molecule has 1 saturated heterocycles. The van der Waals surface area contributed by atoms with Crippen LogP contribution in [0.3, 0.4) is 0 Å². The fourth-order valence-corrected chi connectivity index (χ4v) is 3.29. The van der Waals surface area contributed by atoms with Crippen molar-refractivity contribution < 1.29 is 13.9 Å². The lowest BCUT2D eigenvalue weighted by molar-refractivity contribution is -0.00527. The van der Waals surface area contributed by atoms with Crippen molar-refractivity contribution in [1.82, 2.24) is 4.98 Å². The average molecular weight is 344 g/mol. The fraction of sp³-hybridized carbons (Fsp3) is 0.333. The van der Waals surface area contributed by atoms with Crippen LogP contribution in [-0.2, 0) is 4.74 Å². The van der Waals surface area contributed by atoms with E-state index in [4.69, 9.17) is 4.74 Å². The Balaban J connectivity index is 1.94. The molecule has 3 rings (SSSR count). The van der Waals surface area contributed by atoms with E-state index in [0.29, 0.717) is 24.3 Å². The molecule has 0 unspecified atom stereocenters. The molecule has 0 N–H and O–H groups in total. The highest BCUT2D eigenvalue weighted by molar-refractivity contribution is 7.10. The van der Waals surface area contributed by atoms with Crippen molar-refractivity contribution in [2.75, 3.05) is 18.0 Å². The number of hydrogen-bond acceptors (Lipinski definition) is 5. The SMILES string of the molecule is C[C@@H]1CN(c2cc(F)c(C#Cc3cncs3)cc2C=O)C[C@H](C)O1. The molecule has 2 heterocycles. The summed E-state index contributed by atoms with van der Waals surface area (Å²) in [7, 11) is 0. The summed E-state index contributed by atoms with van der Waals surface area (Å²) in [5.41, 5.74) is 2.91. The Morgan fingerprint density at radius 3 is 2.71 bits per heavy atom. The zero-order chi connectivity index (χ0) is 17.1. The Kier molecular flexibility index (Phi) is 4.93. The van der Waals surface area contributed by atoms with Gasteiger partial charge in [0.25, 0.3) is 0 Å². The number of benzene rings is 1. The van der Waals surface area contributed by atoms with Gasteiger partial charge in [0.2, 0.25) is 0 Å². The highest BCUT2D eigenvalue weighted by Gasteiger charge is 2.24. The first-order valence-corrected chi connectivity index (χ1v) is 8.54. The van der Waals surface area contributed by atoms with Gasteiger partial charge in [-0.15, -0.1) is 11.3 Å². The first-order valence-electron chi connectivity index (χ1n) is 7.66. The lowest BCUT2D eigenvalue weighted by atomic mass is 10.1. The number of anilines is 1. The molecule has 4 nitrogen and oxygen atoms in total. The zero-order valence-corrected chi connectivity index (χ0v) is 14.3. The van der Waals surface area contributed by atoms with Crippen molar-refractivity contribution in [3.63, 3.8) is 0 Å². The number of thiazole rings is 1. The summed E-state index contributed by atoms with van der Waals surface area (Å²) in [6.45, 7) is 5.18. The van der Waals surface area contributed by atoms with Crippen molar-refractivity contribution in [3.05, 3.63) is 45.7 Å². The second-order valence-electron chi connectivity index (χ2n) is 5.79. The molecule has 0 saturated carbocycles. The van der Waals surface area contributed by atoms with Crippen LogP contribution < -0.4 is 4.90 Å². The van der Waals surface area contributed by atoms with E-state index >= 15 is 0 Å². The summed E-state index contributed by atoms with van der Waals surface area (Å²) < 4.78 is 20.2. The molecule has 24 heavy (non-hydrogen) atoms. The highest BCUT2D eigenvalue weighted by atomic mass is 32.1. The number of morpholine rings is 1. The van der Waals surface area contributed by atoms with Gasteiger partial charge in [-0.2, -0.15) is 0 Å². The summed E-state index contributed by atoms with van der Waals surface area (Å²) >= 11 is 1.39. The number of nitrogens with zero attached hydrogens (tertiary/aromatic N) is 2. The normalized spacial score (nSPS) is 20.4. The predicted octanol–water partition coefficient (Wildman–Crippen LogP) is 3.11. The van der Waals surface area contributed by atoms with E-state index < -0.39 is 5.82 Å². The zero-order valence-electron chi connectivity index (χ0n) is 13.5. The smallest absolute Gasteiger partial charge is 0.152 e. The minimum absolute atomic E-state index is 0.0297. The summed E-state index contributed by atoms with van der Waals surface area (Å²) in [5, 5.41) is 0. The molecular weight excluding hydrogens is 327 g/mol. The van der Waals surface area contributed by atoms with Gasteiger partial charge in [0.15, 0.2) is 6.29 Å². The summed E-state index contributed by atoms with van der Waals surface area (Å²) in [6.07, 6.45) is 2.43. The Labute approximate surface area is 144 Å². The predicted molar refractivity (Wildman–Crippen MR) is 92.1 cm³/mol. The lowest BCUT2D eigenvalue weighted by Gasteiger charge is -2.37. The third-order valence-electron chi connectivity index (χ3n) is 3.76. The van der Waals surface area contributed by atoms with E-state index in [0.717, 1.165) is 11.2 Å². The van der Waals surface area contributed by atoms with Crippen LogP contribution in [0.5, 0.6) is 0 Å². The van der Waals surface area contributed by atoms with Crippen molar-refractivity contribution in [2.24, 2.45) is 0 Å². The molecule has 0 bridgehead atoms. The number of carbonyl (C=O) groups excluding carboxylic acids is 1. The Bertz CT molecular complexity index is 785. The van der Waals surface area contributed by atoms with Gasteiger partial charge < -0.3 is 9.64 Å². The standard InChI is InChI=1S/C18H17FN2O2S/c1-12-8-21(9-13(2)23-12)18-6-17(19)14(5-15(18)10-22)3-4-16-7-20-11-24-16/h5-7,10-13H,8-9H2,1-2H3/t12-,13+. The molecular formula is C18H17FN2O2S. The molecule has 1 aliphatic heterocycles. The summed E-state index contributed by atoms with van der Waals surface area (Å²) in [5.74, 6) is 5.21. The molecule has 0 aliphatic carbocycles. The highest BCUT2D eigenvalue weighted by Crippen LogP contribution is 2.26. The molecule has 0 radical (unpaired) electrons. The topological polar surface area (TPSA) is 42.4 Å². The van der Waals surface area contributed by atoms with Crippen molar-refractivity contribution >= 4 is 23.3 Å². The van der Waals surface area contributed by atoms with E-state index in [-0.39, 0.29) is 17.8 Å². The Hall–Kier alpha value is -2.23. The van der Waals surface area contributed by atoms with Gasteiger partial charge >= 0.3 is 0 Å². The van der Waals surface area contributed by atoms with Gasteiger partial charge in [0, 0.05) is 18.7 Å². The molecule has 2 atom stereocenters. The van der Waals surface area contributed by atoms with Crippen LogP contribution in [0.25, 0.3) is 0 Å². The average Bonchev–Trinajstić information content (AvgIpc) is 3.06. The van der Waals surface area contributed by atoms with E-state index in [9.17, 15) is 9.18 Å². The number of rotatable bonds is 2. The number of aldehydes is 1. The molecule has 1 aromatic carbocycles. The van der Waals surface area contributed by atoms with Crippen LogP contribution in [0.4, 0.5) is 10.1 Å². The minimum atomic E-state index is -0.431. The van der Waals surface area contributed by atoms with Crippen LogP contribution in [0.2, 0.25) is 0 Å². The number of halogens is 1. The van der Waals surface area contributed by atoms with E-state index in [1.165, 1.54) is 23.5 Å².